The topological polar surface area (TPSA) is 84.5 Å². The highest BCUT2D eigenvalue weighted by molar-refractivity contribution is 7.89. The number of amides is 1. The number of rotatable bonds is 7. The first kappa shape index (κ1) is 20.8. The van der Waals surface area contributed by atoms with Crippen LogP contribution >= 0.6 is 0 Å². The summed E-state index contributed by atoms with van der Waals surface area (Å²) < 4.78 is 58.2. The lowest BCUT2D eigenvalue weighted by Crippen LogP contribution is -2.30. The van der Waals surface area contributed by atoms with Crippen molar-refractivity contribution in [3.8, 4) is 5.75 Å². The van der Waals surface area contributed by atoms with Gasteiger partial charge < -0.3 is 10.1 Å². The lowest BCUT2D eigenvalue weighted by Gasteiger charge is -2.13. The van der Waals surface area contributed by atoms with E-state index in [0.29, 0.717) is 11.3 Å². The van der Waals surface area contributed by atoms with Gasteiger partial charge in [0.05, 0.1) is 4.90 Å². The Morgan fingerprint density at radius 1 is 1.11 bits per heavy atom. The Morgan fingerprint density at radius 3 is 2.41 bits per heavy atom. The van der Waals surface area contributed by atoms with Crippen molar-refractivity contribution >= 4 is 21.6 Å². The molecule has 0 aliphatic rings. The molecule has 0 bridgehead atoms. The summed E-state index contributed by atoms with van der Waals surface area (Å²) in [7, 11) is -3.63. The molecule has 9 heteroatoms. The molecular formula is C18H20F2N2O4S. The van der Waals surface area contributed by atoms with Crippen LogP contribution in [0.15, 0.2) is 41.3 Å². The molecule has 0 atom stereocenters. The third-order valence-electron chi connectivity index (χ3n) is 3.41. The molecule has 0 heterocycles. The van der Waals surface area contributed by atoms with Crippen molar-refractivity contribution in [2.75, 3.05) is 11.9 Å². The van der Waals surface area contributed by atoms with Crippen LogP contribution in [0, 0.1) is 18.6 Å². The highest BCUT2D eigenvalue weighted by Gasteiger charge is 2.17. The van der Waals surface area contributed by atoms with Gasteiger partial charge in [-0.15, -0.1) is 0 Å². The molecule has 0 aliphatic carbocycles. The van der Waals surface area contributed by atoms with E-state index in [0.717, 1.165) is 12.1 Å². The zero-order valence-electron chi connectivity index (χ0n) is 15.0. The largest absolute Gasteiger partial charge is 0.483 e. The number of nitrogens with one attached hydrogen (secondary N) is 2. The van der Waals surface area contributed by atoms with E-state index >= 15 is 0 Å². The fourth-order valence-electron chi connectivity index (χ4n) is 2.24. The molecule has 2 aromatic carbocycles. The summed E-state index contributed by atoms with van der Waals surface area (Å²) in [5.74, 6) is -2.32. The number of benzene rings is 2. The first-order valence-corrected chi connectivity index (χ1v) is 9.57. The van der Waals surface area contributed by atoms with Crippen LogP contribution in [0.2, 0.25) is 0 Å². The van der Waals surface area contributed by atoms with Crippen LogP contribution < -0.4 is 14.8 Å². The van der Waals surface area contributed by atoms with Crippen molar-refractivity contribution in [2.45, 2.75) is 31.7 Å². The minimum Gasteiger partial charge on any atom is -0.483 e. The summed E-state index contributed by atoms with van der Waals surface area (Å²) in [4.78, 5) is 12.0. The third kappa shape index (κ3) is 5.73. The smallest absolute Gasteiger partial charge is 0.262 e. The molecule has 0 fully saturated rings. The van der Waals surface area contributed by atoms with Gasteiger partial charge in [0.1, 0.15) is 5.75 Å². The van der Waals surface area contributed by atoms with Gasteiger partial charge in [0.25, 0.3) is 5.91 Å². The van der Waals surface area contributed by atoms with Crippen molar-refractivity contribution in [1.29, 1.82) is 0 Å². The Kier molecular flexibility index (Phi) is 6.50. The maximum atomic E-state index is 13.1. The van der Waals surface area contributed by atoms with Crippen molar-refractivity contribution in [2.24, 2.45) is 0 Å². The normalized spacial score (nSPS) is 11.5. The fourth-order valence-corrected chi connectivity index (χ4v) is 3.58. The Labute approximate surface area is 156 Å². The number of sulfonamides is 1. The number of aryl methyl sites for hydroxylation is 1. The van der Waals surface area contributed by atoms with Crippen molar-refractivity contribution < 1.29 is 26.7 Å². The van der Waals surface area contributed by atoms with Crippen LogP contribution in [0.1, 0.15) is 19.4 Å². The maximum absolute atomic E-state index is 13.1. The predicted octanol–water partition coefficient (Wildman–Crippen LogP) is 2.98. The summed E-state index contributed by atoms with van der Waals surface area (Å²) in [5.41, 5.74) is 0.627. The first-order chi connectivity index (χ1) is 12.6. The zero-order chi connectivity index (χ0) is 20.2. The van der Waals surface area contributed by atoms with E-state index in [4.69, 9.17) is 4.74 Å². The van der Waals surface area contributed by atoms with E-state index in [1.165, 1.54) is 24.3 Å². The number of ether oxygens (including phenoxy) is 1. The van der Waals surface area contributed by atoms with Gasteiger partial charge in [-0.25, -0.2) is 21.9 Å². The van der Waals surface area contributed by atoms with Crippen molar-refractivity contribution in [3.05, 3.63) is 53.6 Å². The summed E-state index contributed by atoms with van der Waals surface area (Å²) in [5, 5.41) is 2.38. The average Bonchev–Trinajstić information content (AvgIpc) is 2.56. The molecule has 6 nitrogen and oxygen atoms in total. The quantitative estimate of drug-likeness (QED) is 0.751. The molecule has 0 aliphatic heterocycles. The number of anilines is 1. The number of hydrogen-bond donors (Lipinski definition) is 2. The van der Waals surface area contributed by atoms with Gasteiger partial charge in [-0.3, -0.25) is 4.79 Å². The number of carbonyl (C=O) groups is 1. The van der Waals surface area contributed by atoms with E-state index in [1.54, 1.807) is 20.8 Å². The molecule has 0 saturated heterocycles. The Balaban J connectivity index is 2.01. The Hall–Kier alpha value is -2.52. The Morgan fingerprint density at radius 2 is 1.81 bits per heavy atom. The van der Waals surface area contributed by atoms with Gasteiger partial charge in [0, 0.05) is 17.8 Å². The molecule has 2 N–H and O–H groups in total. The lowest BCUT2D eigenvalue weighted by molar-refractivity contribution is -0.118. The van der Waals surface area contributed by atoms with E-state index < -0.39 is 27.6 Å². The fraction of sp³-hybridized carbons (Fsp3) is 0.278. The summed E-state index contributed by atoms with van der Waals surface area (Å²) in [6, 6.07) is 7.01. The van der Waals surface area contributed by atoms with Gasteiger partial charge >= 0.3 is 0 Å². The minimum atomic E-state index is -3.63. The van der Waals surface area contributed by atoms with Crippen LogP contribution in [0.25, 0.3) is 0 Å². The van der Waals surface area contributed by atoms with E-state index in [1.807, 2.05) is 0 Å². The highest BCUT2D eigenvalue weighted by atomic mass is 32.2. The van der Waals surface area contributed by atoms with Gasteiger partial charge in [-0.05, 0) is 56.7 Å². The summed E-state index contributed by atoms with van der Waals surface area (Å²) >= 11 is 0. The lowest BCUT2D eigenvalue weighted by atomic mass is 10.2. The van der Waals surface area contributed by atoms with Crippen molar-refractivity contribution in [3.63, 3.8) is 0 Å². The molecular weight excluding hydrogens is 378 g/mol. The van der Waals surface area contributed by atoms with E-state index in [9.17, 15) is 22.0 Å². The summed E-state index contributed by atoms with van der Waals surface area (Å²) in [6.45, 7) is 4.70. The molecule has 0 aromatic heterocycles. The van der Waals surface area contributed by atoms with E-state index in [-0.39, 0.29) is 23.2 Å². The number of hydrogen-bond acceptors (Lipinski definition) is 4. The Bertz CT molecular complexity index is 946. The molecule has 2 rings (SSSR count). The van der Waals surface area contributed by atoms with Crippen LogP contribution in [0.4, 0.5) is 14.5 Å². The second kappa shape index (κ2) is 8.45. The van der Waals surface area contributed by atoms with Gasteiger partial charge in [0.15, 0.2) is 18.2 Å². The van der Waals surface area contributed by atoms with Crippen LogP contribution in [0.3, 0.4) is 0 Å². The molecule has 1 amide bonds. The molecule has 0 spiro atoms. The van der Waals surface area contributed by atoms with Crippen LogP contribution in [0.5, 0.6) is 5.75 Å². The molecule has 0 unspecified atom stereocenters. The number of carbonyl (C=O) groups excluding carboxylic acids is 1. The second-order valence-electron chi connectivity index (χ2n) is 6.17. The average molecular weight is 398 g/mol. The van der Waals surface area contributed by atoms with Gasteiger partial charge in [0.2, 0.25) is 10.0 Å². The predicted molar refractivity (Wildman–Crippen MR) is 97.1 cm³/mol. The zero-order valence-corrected chi connectivity index (χ0v) is 15.9. The standard InChI is InChI=1S/C18H20F2N2O4S/c1-11(2)22-27(24,25)14-5-7-17(12(3)8-14)26-10-18(23)21-13-4-6-15(19)16(20)9-13/h4-9,11,22H,10H2,1-3H3,(H,21,23). The molecule has 2 aromatic rings. The van der Waals surface area contributed by atoms with Crippen molar-refractivity contribution in [1.82, 2.24) is 4.72 Å². The van der Waals surface area contributed by atoms with Gasteiger partial charge in [-0.2, -0.15) is 0 Å². The monoisotopic (exact) mass is 398 g/mol. The van der Waals surface area contributed by atoms with E-state index in [2.05, 4.69) is 10.0 Å². The first-order valence-electron chi connectivity index (χ1n) is 8.09. The second-order valence-corrected chi connectivity index (χ2v) is 7.88. The van der Waals surface area contributed by atoms with Gasteiger partial charge in [-0.1, -0.05) is 0 Å². The van der Waals surface area contributed by atoms with Crippen LogP contribution in [-0.2, 0) is 14.8 Å². The summed E-state index contributed by atoms with van der Waals surface area (Å²) in [6.07, 6.45) is 0. The molecule has 0 radical (unpaired) electrons. The third-order valence-corrected chi connectivity index (χ3v) is 5.07. The highest BCUT2D eigenvalue weighted by Crippen LogP contribution is 2.22. The van der Waals surface area contributed by atoms with Crippen LogP contribution in [-0.4, -0.2) is 27.0 Å². The maximum Gasteiger partial charge on any atom is 0.262 e. The minimum absolute atomic E-state index is 0.0901. The molecule has 0 saturated carbocycles. The molecule has 27 heavy (non-hydrogen) atoms. The number of halogens is 2. The SMILES string of the molecule is Cc1cc(S(=O)(=O)NC(C)C)ccc1OCC(=O)Nc1ccc(F)c(F)c1. The molecule has 146 valence electrons.